The molecular formula is C24H29Cl2N3O6. The number of carbonyl (C=O) groups is 2. The maximum Gasteiger partial charge on any atom is 0.276 e. The molecule has 11 heteroatoms. The van der Waals surface area contributed by atoms with E-state index in [0.717, 1.165) is 4.42 Å². The molecule has 190 valence electrons. The van der Waals surface area contributed by atoms with E-state index in [1.165, 1.54) is 19.1 Å². The molecule has 0 fully saturated rings. The first kappa shape index (κ1) is 28.2. The van der Waals surface area contributed by atoms with E-state index in [0.29, 0.717) is 49.4 Å². The van der Waals surface area contributed by atoms with Crippen molar-refractivity contribution in [3.8, 4) is 23.0 Å². The van der Waals surface area contributed by atoms with Gasteiger partial charge in [-0.3, -0.25) is 9.59 Å². The average molecular weight is 526 g/mol. The molecular weight excluding hydrogens is 497 g/mol. The van der Waals surface area contributed by atoms with Crippen molar-refractivity contribution in [2.24, 2.45) is 10.2 Å². The highest BCUT2D eigenvalue weighted by atomic mass is 35.5. The number of halogens is 2. The van der Waals surface area contributed by atoms with Crippen LogP contribution in [0.4, 0.5) is 11.4 Å². The molecule has 0 aliphatic rings. The van der Waals surface area contributed by atoms with Gasteiger partial charge in [-0.1, -0.05) is 11.6 Å². The minimum absolute atomic E-state index is 0.207. The van der Waals surface area contributed by atoms with Crippen molar-refractivity contribution >= 4 is 46.4 Å². The van der Waals surface area contributed by atoms with Crippen LogP contribution >= 0.6 is 23.4 Å². The number of nitrogens with zero attached hydrogens (tertiary/aromatic N) is 3. The molecule has 1 unspecified atom stereocenters. The van der Waals surface area contributed by atoms with Crippen LogP contribution in [0, 0.1) is 0 Å². The second-order valence-electron chi connectivity index (χ2n) is 6.96. The summed E-state index contributed by atoms with van der Waals surface area (Å²) in [5.74, 6) is 0.443. The van der Waals surface area contributed by atoms with Crippen molar-refractivity contribution < 1.29 is 28.5 Å². The first-order valence-corrected chi connectivity index (χ1v) is 11.9. The van der Waals surface area contributed by atoms with Gasteiger partial charge in [0, 0.05) is 30.0 Å². The van der Waals surface area contributed by atoms with Gasteiger partial charge in [-0.25, -0.2) is 4.42 Å². The van der Waals surface area contributed by atoms with Crippen LogP contribution in [-0.4, -0.2) is 44.2 Å². The molecule has 0 bridgehead atoms. The Kier molecular flexibility index (Phi) is 11.1. The summed E-state index contributed by atoms with van der Waals surface area (Å²) in [7, 11) is 0. The summed E-state index contributed by atoms with van der Waals surface area (Å²) in [6.07, 6.45) is 0. The number of azo groups is 1. The SMILES string of the molecule is CCOc1ccc(N(Cl)C(=O)C(N=Nc2cc(OCC)c(OCC)cc2Cl)C(C)=O)cc1OCC. The van der Waals surface area contributed by atoms with Crippen molar-refractivity contribution in [2.75, 3.05) is 30.8 Å². The Labute approximate surface area is 215 Å². The molecule has 0 aliphatic carbocycles. The van der Waals surface area contributed by atoms with Crippen LogP contribution in [-0.2, 0) is 9.59 Å². The number of hydrogen-bond donors (Lipinski definition) is 0. The van der Waals surface area contributed by atoms with E-state index >= 15 is 0 Å². The van der Waals surface area contributed by atoms with Gasteiger partial charge in [0.1, 0.15) is 5.69 Å². The lowest BCUT2D eigenvalue weighted by atomic mass is 10.2. The van der Waals surface area contributed by atoms with Crippen molar-refractivity contribution in [1.29, 1.82) is 0 Å². The molecule has 1 amide bonds. The third-order valence-electron chi connectivity index (χ3n) is 4.46. The largest absolute Gasteiger partial charge is 0.490 e. The first-order valence-electron chi connectivity index (χ1n) is 11.2. The van der Waals surface area contributed by atoms with Gasteiger partial charge in [-0.05, 0) is 46.8 Å². The molecule has 9 nitrogen and oxygen atoms in total. The number of Topliss-reactive ketones (excluding diaryl/α,β-unsaturated/α-hetero) is 1. The minimum Gasteiger partial charge on any atom is -0.490 e. The van der Waals surface area contributed by atoms with Gasteiger partial charge in [0.05, 0.1) is 37.1 Å². The fourth-order valence-electron chi connectivity index (χ4n) is 2.96. The molecule has 2 rings (SSSR count). The Bertz CT molecular complexity index is 1060. The van der Waals surface area contributed by atoms with Gasteiger partial charge in [-0.2, -0.15) is 10.2 Å². The van der Waals surface area contributed by atoms with E-state index in [-0.39, 0.29) is 16.4 Å². The summed E-state index contributed by atoms with van der Waals surface area (Å²) in [6.45, 7) is 10.2. The van der Waals surface area contributed by atoms with Gasteiger partial charge in [-0.15, -0.1) is 0 Å². The molecule has 0 aliphatic heterocycles. The molecule has 0 saturated carbocycles. The third kappa shape index (κ3) is 7.47. The standard InChI is InChI=1S/C24H29Cl2N3O6/c1-6-32-19-11-10-16(12-20(19)33-7-2)29(26)24(31)23(15(5)30)28-27-18-14-22(35-9-4)21(34-8-3)13-17(18)25/h10-14,23H,6-9H2,1-5H3. The number of ether oxygens (including phenoxy) is 4. The van der Waals surface area contributed by atoms with E-state index in [1.807, 2.05) is 27.7 Å². The zero-order valence-corrected chi connectivity index (χ0v) is 21.9. The van der Waals surface area contributed by atoms with Crippen molar-refractivity contribution in [2.45, 2.75) is 40.7 Å². The first-order chi connectivity index (χ1) is 16.8. The highest BCUT2D eigenvalue weighted by Crippen LogP contribution is 2.38. The number of benzene rings is 2. The zero-order chi connectivity index (χ0) is 26.0. The van der Waals surface area contributed by atoms with Gasteiger partial charge in [0.2, 0.25) is 6.04 Å². The zero-order valence-electron chi connectivity index (χ0n) is 20.3. The normalized spacial score (nSPS) is 11.7. The fourth-order valence-corrected chi connectivity index (χ4v) is 3.35. The molecule has 0 heterocycles. The van der Waals surface area contributed by atoms with Gasteiger partial charge in [0.25, 0.3) is 5.91 Å². The second kappa shape index (κ2) is 13.7. The fraction of sp³-hybridized carbons (Fsp3) is 0.417. The smallest absolute Gasteiger partial charge is 0.276 e. The maximum absolute atomic E-state index is 13.0. The van der Waals surface area contributed by atoms with Gasteiger partial charge >= 0.3 is 0 Å². The highest BCUT2D eigenvalue weighted by Gasteiger charge is 2.29. The Balaban J connectivity index is 2.34. The Morgan fingerprint density at radius 1 is 0.857 bits per heavy atom. The monoisotopic (exact) mass is 525 g/mol. The molecule has 0 saturated heterocycles. The van der Waals surface area contributed by atoms with Crippen LogP contribution in [0.5, 0.6) is 23.0 Å². The third-order valence-corrected chi connectivity index (χ3v) is 5.12. The lowest BCUT2D eigenvalue weighted by molar-refractivity contribution is -0.126. The topological polar surface area (TPSA) is 99.0 Å². The van der Waals surface area contributed by atoms with Crippen LogP contribution in [0.25, 0.3) is 0 Å². The van der Waals surface area contributed by atoms with E-state index in [9.17, 15) is 9.59 Å². The number of rotatable bonds is 13. The van der Waals surface area contributed by atoms with Crippen molar-refractivity contribution in [1.82, 2.24) is 0 Å². The molecule has 0 spiro atoms. The van der Waals surface area contributed by atoms with Crippen LogP contribution in [0.3, 0.4) is 0 Å². The van der Waals surface area contributed by atoms with E-state index < -0.39 is 17.7 Å². The second-order valence-corrected chi connectivity index (χ2v) is 7.71. The van der Waals surface area contributed by atoms with Crippen molar-refractivity contribution in [3.05, 3.63) is 35.4 Å². The molecule has 1 atom stereocenters. The summed E-state index contributed by atoms with van der Waals surface area (Å²) in [5.41, 5.74) is 0.487. The quantitative estimate of drug-likeness (QED) is 0.176. The minimum atomic E-state index is -1.49. The lowest BCUT2D eigenvalue weighted by Crippen LogP contribution is -2.36. The molecule has 0 N–H and O–H groups in total. The summed E-state index contributed by atoms with van der Waals surface area (Å²) < 4.78 is 23.0. The average Bonchev–Trinajstić information content (AvgIpc) is 2.82. The predicted molar refractivity (Wildman–Crippen MR) is 135 cm³/mol. The van der Waals surface area contributed by atoms with Crippen LogP contribution < -0.4 is 23.4 Å². The van der Waals surface area contributed by atoms with Gasteiger partial charge in [0.15, 0.2) is 28.8 Å². The number of hydrogen-bond acceptors (Lipinski definition) is 8. The van der Waals surface area contributed by atoms with E-state index in [2.05, 4.69) is 10.2 Å². The van der Waals surface area contributed by atoms with Crippen LogP contribution in [0.2, 0.25) is 5.02 Å². The Morgan fingerprint density at radius 2 is 1.37 bits per heavy atom. The number of ketones is 1. The number of carbonyl (C=O) groups excluding carboxylic acids is 2. The number of amides is 1. The predicted octanol–water partition coefficient (Wildman–Crippen LogP) is 6.16. The Morgan fingerprint density at radius 3 is 1.91 bits per heavy atom. The summed E-state index contributed by atoms with van der Waals surface area (Å²) >= 11 is 12.6. The van der Waals surface area contributed by atoms with Crippen LogP contribution in [0.15, 0.2) is 40.6 Å². The highest BCUT2D eigenvalue weighted by molar-refractivity contribution is 6.39. The molecule has 2 aromatic carbocycles. The summed E-state index contributed by atoms with van der Waals surface area (Å²) in [4.78, 5) is 25.3. The van der Waals surface area contributed by atoms with Gasteiger partial charge < -0.3 is 18.9 Å². The molecule has 2 aromatic rings. The molecule has 35 heavy (non-hydrogen) atoms. The molecule has 0 aromatic heterocycles. The number of anilines is 1. The van der Waals surface area contributed by atoms with Crippen molar-refractivity contribution in [3.63, 3.8) is 0 Å². The molecule has 0 radical (unpaired) electrons. The summed E-state index contributed by atoms with van der Waals surface area (Å²) in [6, 6.07) is 6.33. The van der Waals surface area contributed by atoms with E-state index in [1.54, 1.807) is 18.2 Å². The summed E-state index contributed by atoms with van der Waals surface area (Å²) in [5, 5.41) is 8.20. The Hall–Kier alpha value is -3.04. The maximum atomic E-state index is 13.0. The van der Waals surface area contributed by atoms with Crippen LogP contribution in [0.1, 0.15) is 34.6 Å². The van der Waals surface area contributed by atoms with E-state index in [4.69, 9.17) is 42.3 Å². The lowest BCUT2D eigenvalue weighted by Gasteiger charge is -2.19.